The Morgan fingerprint density at radius 3 is 2.62 bits per heavy atom. The van der Waals surface area contributed by atoms with E-state index in [0.717, 1.165) is 5.56 Å². The van der Waals surface area contributed by atoms with Crippen LogP contribution >= 0.6 is 0 Å². The fourth-order valence-electron chi connectivity index (χ4n) is 1.93. The van der Waals surface area contributed by atoms with Crippen molar-refractivity contribution in [2.45, 2.75) is 18.8 Å². The van der Waals surface area contributed by atoms with Crippen LogP contribution in [0.25, 0.3) is 0 Å². The minimum absolute atomic E-state index is 0.0669. The summed E-state index contributed by atoms with van der Waals surface area (Å²) in [6.07, 6.45) is 2.27. The van der Waals surface area contributed by atoms with Crippen molar-refractivity contribution >= 4 is 12.1 Å². The van der Waals surface area contributed by atoms with E-state index in [9.17, 15) is 14.7 Å². The van der Waals surface area contributed by atoms with Gasteiger partial charge in [-0.05, 0) is 11.6 Å². The lowest BCUT2D eigenvalue weighted by Gasteiger charge is -2.24. The van der Waals surface area contributed by atoms with E-state index in [1.165, 1.54) is 18.2 Å². The van der Waals surface area contributed by atoms with Gasteiger partial charge in [-0.1, -0.05) is 42.5 Å². The number of aliphatic hydroxyl groups excluding tert-OH is 1. The molecule has 2 rings (SSSR count). The van der Waals surface area contributed by atoms with Gasteiger partial charge >= 0.3 is 12.1 Å². The lowest BCUT2D eigenvalue weighted by atomic mass is 9.96. The number of amides is 1. The molecule has 0 spiro atoms. The summed E-state index contributed by atoms with van der Waals surface area (Å²) in [7, 11) is 0. The molecule has 0 bridgehead atoms. The van der Waals surface area contributed by atoms with Crippen LogP contribution in [0.4, 0.5) is 4.79 Å². The number of ether oxygens (including phenoxy) is 1. The molecule has 1 aliphatic carbocycles. The Morgan fingerprint density at radius 1 is 1.24 bits per heavy atom. The Balaban J connectivity index is 1.94. The molecule has 0 radical (unpaired) electrons. The van der Waals surface area contributed by atoms with Crippen molar-refractivity contribution in [2.75, 3.05) is 0 Å². The number of allylic oxidation sites excluding steroid dienone is 2. The molecule has 0 aromatic heterocycles. The number of carboxylic acids is 1. The monoisotopic (exact) mass is 289 g/mol. The van der Waals surface area contributed by atoms with Crippen molar-refractivity contribution in [1.82, 2.24) is 5.32 Å². The first-order chi connectivity index (χ1) is 10.1. The molecule has 6 heteroatoms. The van der Waals surface area contributed by atoms with Crippen molar-refractivity contribution in [3.05, 3.63) is 59.7 Å². The number of carbonyl (C=O) groups excluding carboxylic acids is 1. The summed E-state index contributed by atoms with van der Waals surface area (Å²) in [6.45, 7) is 0.0669. The van der Waals surface area contributed by atoms with Crippen LogP contribution < -0.4 is 5.32 Å². The molecule has 3 N–H and O–H groups in total. The number of alkyl carbamates (subject to hydrolysis) is 1. The molecule has 1 aromatic carbocycles. The van der Waals surface area contributed by atoms with Crippen molar-refractivity contribution in [3.63, 3.8) is 0 Å². The highest BCUT2D eigenvalue weighted by Crippen LogP contribution is 2.14. The van der Waals surface area contributed by atoms with Crippen molar-refractivity contribution in [2.24, 2.45) is 0 Å². The van der Waals surface area contributed by atoms with Gasteiger partial charge in [-0.25, -0.2) is 9.59 Å². The van der Waals surface area contributed by atoms with Crippen LogP contribution in [0.5, 0.6) is 0 Å². The molecule has 1 aromatic rings. The van der Waals surface area contributed by atoms with Crippen molar-refractivity contribution in [3.8, 4) is 0 Å². The number of aliphatic hydroxyl groups is 1. The average molecular weight is 289 g/mol. The lowest BCUT2D eigenvalue weighted by molar-refractivity contribution is -0.133. The van der Waals surface area contributed by atoms with Crippen LogP contribution in [0.15, 0.2) is 54.1 Å². The Kier molecular flexibility index (Phi) is 4.73. The van der Waals surface area contributed by atoms with Gasteiger partial charge in [-0.3, -0.25) is 0 Å². The number of rotatable bonds is 4. The maximum Gasteiger partial charge on any atom is 0.408 e. The number of hydrogen-bond donors (Lipinski definition) is 3. The van der Waals surface area contributed by atoms with E-state index in [1.54, 1.807) is 12.1 Å². The zero-order valence-electron chi connectivity index (χ0n) is 11.1. The van der Waals surface area contributed by atoms with Crippen LogP contribution in [0.3, 0.4) is 0 Å². The molecule has 0 saturated carbocycles. The smallest absolute Gasteiger partial charge is 0.408 e. The average Bonchev–Trinajstić information content (AvgIpc) is 2.48. The number of carboxylic acid groups (broad SMARTS) is 1. The molecular weight excluding hydrogens is 274 g/mol. The minimum Gasteiger partial charge on any atom is -0.478 e. The first kappa shape index (κ1) is 14.8. The van der Waals surface area contributed by atoms with E-state index in [2.05, 4.69) is 5.32 Å². The maximum absolute atomic E-state index is 11.7. The fraction of sp³-hybridized carbons (Fsp3) is 0.200. The number of hydrogen-bond acceptors (Lipinski definition) is 4. The normalized spacial score (nSPS) is 20.5. The van der Waals surface area contributed by atoms with Gasteiger partial charge < -0.3 is 20.3 Å². The summed E-state index contributed by atoms with van der Waals surface area (Å²) in [4.78, 5) is 22.8. The van der Waals surface area contributed by atoms with Crippen molar-refractivity contribution < 1.29 is 24.5 Å². The van der Waals surface area contributed by atoms with E-state index < -0.39 is 24.2 Å². The van der Waals surface area contributed by atoms with Crippen LogP contribution in [-0.2, 0) is 16.1 Å². The van der Waals surface area contributed by atoms with Gasteiger partial charge in [-0.2, -0.15) is 0 Å². The third-order valence-corrected chi connectivity index (χ3v) is 2.99. The number of benzene rings is 1. The molecule has 110 valence electrons. The summed E-state index contributed by atoms with van der Waals surface area (Å²) < 4.78 is 5.00. The van der Waals surface area contributed by atoms with Gasteiger partial charge in [0, 0.05) is 0 Å². The highest BCUT2D eigenvalue weighted by Gasteiger charge is 2.29. The van der Waals surface area contributed by atoms with Crippen LogP contribution in [0, 0.1) is 0 Å². The third-order valence-electron chi connectivity index (χ3n) is 2.99. The molecule has 0 fully saturated rings. The predicted octanol–water partition coefficient (Wildman–Crippen LogP) is 1.22. The minimum atomic E-state index is -1.20. The summed E-state index contributed by atoms with van der Waals surface area (Å²) >= 11 is 0. The second-order valence-electron chi connectivity index (χ2n) is 4.49. The maximum atomic E-state index is 11.7. The fourth-order valence-corrected chi connectivity index (χ4v) is 1.93. The summed E-state index contributed by atoms with van der Waals surface area (Å²) in [5.41, 5.74) is 0.715. The second kappa shape index (κ2) is 6.71. The van der Waals surface area contributed by atoms with E-state index in [0.29, 0.717) is 0 Å². The quantitative estimate of drug-likeness (QED) is 0.774. The Morgan fingerprint density at radius 2 is 1.95 bits per heavy atom. The summed E-state index contributed by atoms with van der Waals surface area (Å²) in [5.74, 6) is -1.20. The molecule has 0 unspecified atom stereocenters. The van der Waals surface area contributed by atoms with Gasteiger partial charge in [0.1, 0.15) is 6.61 Å². The van der Waals surface area contributed by atoms with Gasteiger partial charge in [0.25, 0.3) is 0 Å². The van der Waals surface area contributed by atoms with E-state index in [4.69, 9.17) is 9.84 Å². The third kappa shape index (κ3) is 3.93. The molecule has 2 atom stereocenters. The van der Waals surface area contributed by atoms with E-state index in [1.807, 2.05) is 18.2 Å². The SMILES string of the molecule is O=C(N[C@H]1C(C(=O)O)=CC=C[C@@H]1O)OCc1ccccc1. The van der Waals surface area contributed by atoms with Gasteiger partial charge in [0.15, 0.2) is 0 Å². The molecule has 1 amide bonds. The largest absolute Gasteiger partial charge is 0.478 e. The second-order valence-corrected chi connectivity index (χ2v) is 4.49. The van der Waals surface area contributed by atoms with Gasteiger partial charge in [-0.15, -0.1) is 0 Å². The summed E-state index contributed by atoms with van der Waals surface area (Å²) in [5, 5.41) is 21.2. The highest BCUT2D eigenvalue weighted by molar-refractivity contribution is 5.90. The van der Waals surface area contributed by atoms with Gasteiger partial charge in [0.2, 0.25) is 0 Å². The van der Waals surface area contributed by atoms with Crippen molar-refractivity contribution in [1.29, 1.82) is 0 Å². The molecule has 0 aliphatic heterocycles. The zero-order chi connectivity index (χ0) is 15.2. The first-order valence-corrected chi connectivity index (χ1v) is 6.35. The van der Waals surface area contributed by atoms with Crippen LogP contribution in [-0.4, -0.2) is 34.4 Å². The zero-order valence-corrected chi connectivity index (χ0v) is 11.1. The highest BCUT2D eigenvalue weighted by atomic mass is 16.5. The molecule has 0 saturated heterocycles. The standard InChI is InChI=1S/C15H15NO5/c17-12-8-4-7-11(14(18)19)13(12)16-15(20)21-9-10-5-2-1-3-6-10/h1-8,12-13,17H,9H2,(H,16,20)(H,18,19)/t12-,13-/m0/s1. The van der Waals surface area contributed by atoms with Crippen LogP contribution in [0.2, 0.25) is 0 Å². The number of aliphatic carboxylic acids is 1. The Labute approximate surface area is 121 Å². The topological polar surface area (TPSA) is 95.9 Å². The van der Waals surface area contributed by atoms with E-state index in [-0.39, 0.29) is 12.2 Å². The number of nitrogens with one attached hydrogen (secondary N) is 1. The Hall–Kier alpha value is -2.60. The molecular formula is C15H15NO5. The van der Waals surface area contributed by atoms with Gasteiger partial charge in [0.05, 0.1) is 17.7 Å². The molecule has 21 heavy (non-hydrogen) atoms. The molecule has 1 aliphatic rings. The first-order valence-electron chi connectivity index (χ1n) is 6.35. The van der Waals surface area contributed by atoms with E-state index >= 15 is 0 Å². The summed E-state index contributed by atoms with van der Waals surface area (Å²) in [6, 6.07) is 8.05. The molecule has 6 nitrogen and oxygen atoms in total. The molecule has 0 heterocycles. The Bertz CT molecular complexity index is 579. The lowest BCUT2D eigenvalue weighted by Crippen LogP contribution is -2.46. The predicted molar refractivity (Wildman–Crippen MR) is 74.4 cm³/mol. The van der Waals surface area contributed by atoms with Crippen LogP contribution in [0.1, 0.15) is 5.56 Å². The number of carbonyl (C=O) groups is 2.